The third kappa shape index (κ3) is 2.52. The second-order valence-corrected chi connectivity index (χ2v) is 5.89. The highest BCUT2D eigenvalue weighted by molar-refractivity contribution is 14.1. The van der Waals surface area contributed by atoms with Crippen LogP contribution in [0.1, 0.15) is 5.69 Å². The maximum Gasteiger partial charge on any atom is 0.265 e. The fourth-order valence-electron chi connectivity index (χ4n) is 2.30. The smallest absolute Gasteiger partial charge is 0.265 e. The second kappa shape index (κ2) is 5.43. The molecule has 20 heavy (non-hydrogen) atoms. The number of nitrogens with zero attached hydrogens (tertiary/aromatic N) is 3. The van der Waals surface area contributed by atoms with E-state index in [1.165, 1.54) is 0 Å². The Morgan fingerprint density at radius 1 is 1.40 bits per heavy atom. The zero-order valence-electron chi connectivity index (χ0n) is 11.0. The molecule has 1 aliphatic rings. The summed E-state index contributed by atoms with van der Waals surface area (Å²) in [4.78, 5) is 13.9. The van der Waals surface area contributed by atoms with Crippen molar-refractivity contribution in [3.8, 4) is 5.75 Å². The average molecular weight is 383 g/mol. The van der Waals surface area contributed by atoms with Crippen molar-refractivity contribution in [1.82, 2.24) is 9.78 Å². The first kappa shape index (κ1) is 13.4. The first-order valence-corrected chi connectivity index (χ1v) is 7.42. The molecule has 1 amide bonds. The molecule has 0 bridgehead atoms. The summed E-state index contributed by atoms with van der Waals surface area (Å²) in [7, 11) is 1.91. The molecule has 0 fully saturated rings. The molecule has 0 saturated carbocycles. The highest BCUT2D eigenvalue weighted by atomic mass is 127. The van der Waals surface area contributed by atoms with Crippen LogP contribution in [0.4, 0.5) is 5.69 Å². The first-order chi connectivity index (χ1) is 9.65. The van der Waals surface area contributed by atoms with Gasteiger partial charge in [0.2, 0.25) is 0 Å². The summed E-state index contributed by atoms with van der Waals surface area (Å²) < 4.78 is 8.43. The molecule has 2 heterocycles. The van der Waals surface area contributed by atoms with Gasteiger partial charge in [-0.15, -0.1) is 0 Å². The van der Waals surface area contributed by atoms with Gasteiger partial charge in [-0.1, -0.05) is 0 Å². The SMILES string of the molecule is Cn1nccc1CCN1C(=O)COc2cc(I)ccc21. The van der Waals surface area contributed by atoms with E-state index < -0.39 is 0 Å². The molecule has 5 nitrogen and oxygen atoms in total. The number of aryl methyl sites for hydroxylation is 1. The Bertz CT molecular complexity index is 654. The van der Waals surface area contributed by atoms with Crippen LogP contribution in [0.5, 0.6) is 5.75 Å². The number of halogens is 1. The van der Waals surface area contributed by atoms with E-state index in [1.807, 2.05) is 36.0 Å². The number of carbonyl (C=O) groups is 1. The van der Waals surface area contributed by atoms with E-state index in [2.05, 4.69) is 27.7 Å². The number of amides is 1. The van der Waals surface area contributed by atoms with E-state index in [0.29, 0.717) is 6.54 Å². The zero-order chi connectivity index (χ0) is 14.1. The summed E-state index contributed by atoms with van der Waals surface area (Å²) in [6.07, 6.45) is 2.54. The minimum absolute atomic E-state index is 0.000812. The molecule has 3 rings (SSSR count). The van der Waals surface area contributed by atoms with Gasteiger partial charge in [-0.2, -0.15) is 5.10 Å². The van der Waals surface area contributed by atoms with Gasteiger partial charge in [-0.3, -0.25) is 9.48 Å². The molecular formula is C14H14IN3O2. The van der Waals surface area contributed by atoms with Gasteiger partial charge >= 0.3 is 0 Å². The molecular weight excluding hydrogens is 369 g/mol. The first-order valence-electron chi connectivity index (χ1n) is 6.35. The van der Waals surface area contributed by atoms with E-state index in [0.717, 1.165) is 27.1 Å². The minimum Gasteiger partial charge on any atom is -0.482 e. The molecule has 0 saturated heterocycles. The van der Waals surface area contributed by atoms with Crippen LogP contribution in [0.15, 0.2) is 30.5 Å². The van der Waals surface area contributed by atoms with E-state index in [4.69, 9.17) is 4.74 Å². The van der Waals surface area contributed by atoms with Gasteiger partial charge in [-0.25, -0.2) is 0 Å². The summed E-state index contributed by atoms with van der Waals surface area (Å²) >= 11 is 2.24. The fourth-order valence-corrected chi connectivity index (χ4v) is 2.76. The minimum atomic E-state index is 0.000812. The van der Waals surface area contributed by atoms with E-state index in [9.17, 15) is 4.79 Å². The lowest BCUT2D eigenvalue weighted by molar-refractivity contribution is -0.121. The van der Waals surface area contributed by atoms with Crippen molar-refractivity contribution >= 4 is 34.2 Å². The predicted octanol–water partition coefficient (Wildman–Crippen LogP) is 1.99. The molecule has 1 aromatic carbocycles. The predicted molar refractivity (Wildman–Crippen MR) is 83.9 cm³/mol. The highest BCUT2D eigenvalue weighted by Gasteiger charge is 2.25. The van der Waals surface area contributed by atoms with Crippen LogP contribution in [0.2, 0.25) is 0 Å². The summed E-state index contributed by atoms with van der Waals surface area (Å²) in [5, 5.41) is 4.14. The Morgan fingerprint density at radius 2 is 2.25 bits per heavy atom. The van der Waals surface area contributed by atoms with Crippen molar-refractivity contribution < 1.29 is 9.53 Å². The summed E-state index contributed by atoms with van der Waals surface area (Å²) in [6, 6.07) is 7.86. The summed E-state index contributed by atoms with van der Waals surface area (Å²) in [5.41, 5.74) is 1.96. The monoisotopic (exact) mass is 383 g/mol. The van der Waals surface area contributed by atoms with Crippen molar-refractivity contribution in [1.29, 1.82) is 0 Å². The Balaban J connectivity index is 1.82. The quantitative estimate of drug-likeness (QED) is 0.762. The number of hydrogen-bond donors (Lipinski definition) is 0. The lowest BCUT2D eigenvalue weighted by atomic mass is 10.2. The number of hydrogen-bond acceptors (Lipinski definition) is 3. The molecule has 6 heteroatoms. The van der Waals surface area contributed by atoms with E-state index in [-0.39, 0.29) is 12.5 Å². The average Bonchev–Trinajstić information content (AvgIpc) is 2.83. The van der Waals surface area contributed by atoms with Crippen molar-refractivity contribution in [3.63, 3.8) is 0 Å². The molecule has 104 valence electrons. The van der Waals surface area contributed by atoms with Gasteiger partial charge in [0.05, 0.1) is 5.69 Å². The number of carbonyl (C=O) groups excluding carboxylic acids is 1. The van der Waals surface area contributed by atoms with Crippen LogP contribution in [0.3, 0.4) is 0 Å². The van der Waals surface area contributed by atoms with E-state index in [1.54, 1.807) is 11.1 Å². The fraction of sp³-hybridized carbons (Fsp3) is 0.286. The van der Waals surface area contributed by atoms with Gasteiger partial charge in [0, 0.05) is 35.5 Å². The number of ether oxygens (including phenoxy) is 1. The van der Waals surface area contributed by atoms with Crippen molar-refractivity contribution in [2.45, 2.75) is 6.42 Å². The molecule has 0 atom stereocenters. The van der Waals surface area contributed by atoms with Crippen molar-refractivity contribution in [2.24, 2.45) is 7.05 Å². The maximum atomic E-state index is 12.1. The summed E-state index contributed by atoms with van der Waals surface area (Å²) in [5.74, 6) is 0.780. The maximum absolute atomic E-state index is 12.1. The zero-order valence-corrected chi connectivity index (χ0v) is 13.2. The molecule has 0 spiro atoms. The van der Waals surface area contributed by atoms with Gasteiger partial charge in [0.1, 0.15) is 5.75 Å². The Kier molecular flexibility index (Phi) is 3.64. The van der Waals surface area contributed by atoms with Crippen LogP contribution in [-0.4, -0.2) is 28.8 Å². The molecule has 0 radical (unpaired) electrons. The number of anilines is 1. The topological polar surface area (TPSA) is 47.4 Å². The van der Waals surface area contributed by atoms with Crippen LogP contribution < -0.4 is 9.64 Å². The lowest BCUT2D eigenvalue weighted by Crippen LogP contribution is -2.40. The molecule has 1 aliphatic heterocycles. The largest absolute Gasteiger partial charge is 0.482 e. The van der Waals surface area contributed by atoms with Gasteiger partial charge in [0.15, 0.2) is 6.61 Å². The third-order valence-electron chi connectivity index (χ3n) is 3.38. The van der Waals surface area contributed by atoms with Gasteiger partial charge in [-0.05, 0) is 46.9 Å². The molecule has 0 N–H and O–H groups in total. The van der Waals surface area contributed by atoms with Crippen LogP contribution >= 0.6 is 22.6 Å². The van der Waals surface area contributed by atoms with Crippen LogP contribution in [0, 0.1) is 3.57 Å². The van der Waals surface area contributed by atoms with Crippen LogP contribution in [-0.2, 0) is 18.3 Å². The normalized spacial score (nSPS) is 14.1. The number of rotatable bonds is 3. The molecule has 2 aromatic rings. The second-order valence-electron chi connectivity index (χ2n) is 4.64. The third-order valence-corrected chi connectivity index (χ3v) is 4.05. The Morgan fingerprint density at radius 3 is 3.00 bits per heavy atom. The highest BCUT2D eigenvalue weighted by Crippen LogP contribution is 2.33. The number of fused-ring (bicyclic) bond motifs is 1. The molecule has 0 aliphatic carbocycles. The van der Waals surface area contributed by atoms with Crippen molar-refractivity contribution in [2.75, 3.05) is 18.1 Å². The standard InChI is InChI=1S/C14H14IN3O2/c1-17-11(4-6-16-17)5-7-18-12-3-2-10(15)8-13(12)20-9-14(18)19/h2-4,6,8H,5,7,9H2,1H3. The molecule has 1 aromatic heterocycles. The van der Waals surface area contributed by atoms with Gasteiger partial charge < -0.3 is 9.64 Å². The lowest BCUT2D eigenvalue weighted by Gasteiger charge is -2.29. The Hall–Kier alpha value is -1.57. The van der Waals surface area contributed by atoms with E-state index >= 15 is 0 Å². The number of benzene rings is 1. The molecule has 0 unspecified atom stereocenters. The number of aromatic nitrogens is 2. The Labute approximate surface area is 130 Å². The van der Waals surface area contributed by atoms with Crippen molar-refractivity contribution in [3.05, 3.63) is 39.7 Å². The van der Waals surface area contributed by atoms with Gasteiger partial charge in [0.25, 0.3) is 5.91 Å². The van der Waals surface area contributed by atoms with Crippen LogP contribution in [0.25, 0.3) is 0 Å². The summed E-state index contributed by atoms with van der Waals surface area (Å²) in [6.45, 7) is 0.744.